The van der Waals surface area contributed by atoms with Crippen molar-refractivity contribution in [2.75, 3.05) is 11.2 Å². The molecule has 0 atom stereocenters. The first kappa shape index (κ1) is 14.6. The molecule has 0 saturated carbocycles. The summed E-state index contributed by atoms with van der Waals surface area (Å²) in [5.41, 5.74) is -0.844. The van der Waals surface area contributed by atoms with Crippen molar-refractivity contribution in [3.8, 4) is 0 Å². The van der Waals surface area contributed by atoms with Gasteiger partial charge in [-0.2, -0.15) is 0 Å². The summed E-state index contributed by atoms with van der Waals surface area (Å²) >= 11 is 6.95. The Morgan fingerprint density at radius 3 is 2.59 bits per heavy atom. The number of benzene rings is 1. The van der Waals surface area contributed by atoms with Gasteiger partial charge >= 0.3 is 115 Å². The van der Waals surface area contributed by atoms with Gasteiger partial charge in [-0.3, -0.25) is 0 Å². The molecule has 0 fully saturated rings. The molecular formula is C11H11ClF2NOTi. The van der Waals surface area contributed by atoms with Crippen LogP contribution in [0.15, 0.2) is 12.1 Å². The predicted molar refractivity (Wildman–Crippen MR) is 59.1 cm³/mol. The fraction of sp³-hybridized carbons (Fsp3) is 0.364. The molecule has 6 heteroatoms. The molecule has 0 spiro atoms. The molecule has 1 aromatic rings. The van der Waals surface area contributed by atoms with Gasteiger partial charge in [0.1, 0.15) is 0 Å². The maximum atomic E-state index is 13.6. The van der Waals surface area contributed by atoms with E-state index >= 15 is 0 Å². The Morgan fingerprint density at radius 1 is 1.47 bits per heavy atom. The van der Waals surface area contributed by atoms with E-state index in [9.17, 15) is 13.6 Å². The number of nitrogens with one attached hydrogen (secondary N) is 1. The van der Waals surface area contributed by atoms with Crippen molar-refractivity contribution in [2.24, 2.45) is 5.41 Å². The third-order valence-corrected chi connectivity index (χ3v) is 3.67. The van der Waals surface area contributed by atoms with Crippen LogP contribution in [0.1, 0.15) is 13.8 Å². The Kier molecular flexibility index (Phi) is 4.70. The van der Waals surface area contributed by atoms with Gasteiger partial charge in [0.2, 0.25) is 0 Å². The van der Waals surface area contributed by atoms with Crippen molar-refractivity contribution in [1.82, 2.24) is 0 Å². The van der Waals surface area contributed by atoms with E-state index in [-0.39, 0.29) is 15.4 Å². The first-order chi connectivity index (χ1) is 7.79. The van der Waals surface area contributed by atoms with Gasteiger partial charge in [-0.15, -0.1) is 0 Å². The number of amides is 1. The topological polar surface area (TPSA) is 29.1 Å². The third kappa shape index (κ3) is 3.27. The summed E-state index contributed by atoms with van der Waals surface area (Å²) in [6, 6.07) is 2.31. The normalized spacial score (nSPS) is 11.3. The molecule has 1 rings (SSSR count). The van der Waals surface area contributed by atoms with E-state index < -0.39 is 23.0 Å². The molecule has 2 nitrogen and oxygen atoms in total. The van der Waals surface area contributed by atoms with Crippen molar-refractivity contribution < 1.29 is 34.0 Å². The summed E-state index contributed by atoms with van der Waals surface area (Å²) in [5, 5.41) is 2.40. The van der Waals surface area contributed by atoms with Crippen molar-refractivity contribution in [3.63, 3.8) is 0 Å². The van der Waals surface area contributed by atoms with Crippen LogP contribution in [0.25, 0.3) is 0 Å². The van der Waals surface area contributed by atoms with Gasteiger partial charge < -0.3 is 0 Å². The van der Waals surface area contributed by atoms with Crippen molar-refractivity contribution >= 4 is 27.1 Å². The number of halogens is 3. The van der Waals surface area contributed by atoms with Crippen LogP contribution in [0, 0.1) is 17.0 Å². The van der Waals surface area contributed by atoms with E-state index in [0.717, 1.165) is 6.07 Å². The summed E-state index contributed by atoms with van der Waals surface area (Å²) in [6.07, 6.45) is 0. The van der Waals surface area contributed by atoms with Gasteiger partial charge in [0, 0.05) is 0 Å². The van der Waals surface area contributed by atoms with Crippen LogP contribution >= 0.6 is 11.6 Å². The van der Waals surface area contributed by atoms with E-state index in [1.165, 1.54) is 26.5 Å². The quantitative estimate of drug-likeness (QED) is 0.673. The molecule has 0 unspecified atom stereocenters. The van der Waals surface area contributed by atoms with Crippen molar-refractivity contribution in [1.29, 1.82) is 0 Å². The second kappa shape index (κ2) is 5.46. The Balaban J connectivity index is 2.98. The fourth-order valence-corrected chi connectivity index (χ4v) is 1.46. The number of alkyl halides is 1. The summed E-state index contributed by atoms with van der Waals surface area (Å²) in [7, 11) is 0. The molecule has 0 bridgehead atoms. The van der Waals surface area contributed by atoms with Crippen LogP contribution in [0.4, 0.5) is 14.5 Å². The Hall–Kier alpha value is -0.446. The fourth-order valence-electron chi connectivity index (χ4n) is 1.00. The SMILES string of the molecule is CC(C)(CCl)C(=O)Nc1ccc(F)[c]([Ti])c1F. The average Bonchev–Trinajstić information content (AvgIpc) is 2.29. The molecule has 0 saturated heterocycles. The molecule has 0 heterocycles. The second-order valence-electron chi connectivity index (χ2n) is 4.26. The number of carbonyl (C=O) groups excluding carboxylic acids is 1. The molecule has 0 radical (unpaired) electrons. The molecule has 0 aromatic heterocycles. The van der Waals surface area contributed by atoms with Gasteiger partial charge in [-0.25, -0.2) is 0 Å². The monoisotopic (exact) mass is 294 g/mol. The van der Waals surface area contributed by atoms with Crippen LogP contribution in [-0.2, 0) is 25.2 Å². The average molecular weight is 295 g/mol. The third-order valence-electron chi connectivity index (χ3n) is 2.29. The van der Waals surface area contributed by atoms with E-state index in [0.29, 0.717) is 0 Å². The number of hydrogen-bond donors (Lipinski definition) is 1. The zero-order chi connectivity index (χ0) is 13.2. The molecule has 91 valence electrons. The molecule has 0 aliphatic carbocycles. The number of anilines is 1. The molecule has 0 aliphatic rings. The number of carbonyl (C=O) groups is 1. The maximum absolute atomic E-state index is 13.6. The Bertz CT molecular complexity index is 451. The van der Waals surface area contributed by atoms with E-state index in [1.54, 1.807) is 13.8 Å². The van der Waals surface area contributed by atoms with Gasteiger partial charge in [0.05, 0.1) is 0 Å². The minimum atomic E-state index is -0.809. The van der Waals surface area contributed by atoms with E-state index in [2.05, 4.69) is 5.32 Å². The van der Waals surface area contributed by atoms with Gasteiger partial charge in [-0.1, -0.05) is 0 Å². The zero-order valence-electron chi connectivity index (χ0n) is 9.40. The molecule has 1 N–H and O–H groups in total. The minimum absolute atomic E-state index is 0.0351. The van der Waals surface area contributed by atoms with E-state index in [1.807, 2.05) is 0 Å². The van der Waals surface area contributed by atoms with Gasteiger partial charge in [-0.05, 0) is 0 Å². The summed E-state index contributed by atoms with van der Waals surface area (Å²) < 4.78 is 26.5. The van der Waals surface area contributed by atoms with Crippen LogP contribution < -0.4 is 9.18 Å². The molecule has 1 aromatic carbocycles. The van der Waals surface area contributed by atoms with Crippen LogP contribution in [0.2, 0.25) is 0 Å². The van der Waals surface area contributed by atoms with Crippen molar-refractivity contribution in [2.45, 2.75) is 13.8 Å². The number of hydrogen-bond acceptors (Lipinski definition) is 1. The van der Waals surface area contributed by atoms with Gasteiger partial charge in [0.15, 0.2) is 0 Å². The predicted octanol–water partition coefficient (Wildman–Crippen LogP) is 2.34. The van der Waals surface area contributed by atoms with Crippen molar-refractivity contribution in [3.05, 3.63) is 23.8 Å². The first-order valence-corrected chi connectivity index (χ1v) is 6.18. The molecule has 0 aliphatic heterocycles. The standard InChI is InChI=1S/C11H11ClF2NO.Ti/c1-11(2,6-12)10(16)15-9-4-3-7(13)5-8(9)14;/h3-4H,6H2,1-2H3,(H,15,16);. The van der Waals surface area contributed by atoms with Crippen LogP contribution in [0.3, 0.4) is 0 Å². The second-order valence-corrected chi connectivity index (χ2v) is 5.30. The zero-order valence-corrected chi connectivity index (χ0v) is 11.7. The summed E-state index contributed by atoms with van der Waals surface area (Å²) in [6.45, 7) is 3.28. The Labute approximate surface area is 115 Å². The van der Waals surface area contributed by atoms with Crippen LogP contribution in [0.5, 0.6) is 0 Å². The van der Waals surface area contributed by atoms with Gasteiger partial charge in [0.25, 0.3) is 0 Å². The molecule has 1 amide bonds. The number of rotatable bonds is 3. The Morgan fingerprint density at radius 2 is 2.06 bits per heavy atom. The molecule has 17 heavy (non-hydrogen) atoms. The summed E-state index contributed by atoms with van der Waals surface area (Å²) in [5.74, 6) is -1.70. The summed E-state index contributed by atoms with van der Waals surface area (Å²) in [4.78, 5) is 11.8. The van der Waals surface area contributed by atoms with E-state index in [4.69, 9.17) is 11.6 Å². The van der Waals surface area contributed by atoms with Crippen LogP contribution in [-0.4, -0.2) is 11.8 Å². The first-order valence-electron chi connectivity index (χ1n) is 4.86. The molecular weight excluding hydrogens is 283 g/mol.